The van der Waals surface area contributed by atoms with E-state index in [0.717, 1.165) is 33.9 Å². The van der Waals surface area contributed by atoms with Crippen LogP contribution in [0.1, 0.15) is 16.7 Å². The zero-order valence-electron chi connectivity index (χ0n) is 12.7. The Labute approximate surface area is 126 Å². The van der Waals surface area contributed by atoms with Gasteiger partial charge in [-0.15, -0.1) is 0 Å². The zero-order valence-corrected chi connectivity index (χ0v) is 13.5. The van der Waals surface area contributed by atoms with Gasteiger partial charge in [0.2, 0.25) is 4.80 Å². The average molecular weight is 306 g/mol. The molecule has 1 aromatic heterocycles. The van der Waals surface area contributed by atoms with Crippen molar-refractivity contribution in [3.8, 4) is 5.69 Å². The molecule has 0 saturated carbocycles. The highest BCUT2D eigenvalue weighted by Crippen LogP contribution is 2.18. The molecule has 7 heteroatoms. The van der Waals surface area contributed by atoms with E-state index in [4.69, 9.17) is 0 Å². The van der Waals surface area contributed by atoms with Crippen LogP contribution in [0.25, 0.3) is 5.69 Å². The van der Waals surface area contributed by atoms with Gasteiger partial charge in [-0.25, -0.2) is 18.1 Å². The average Bonchev–Trinajstić information content (AvgIpc) is 2.65. The van der Waals surface area contributed by atoms with Crippen molar-refractivity contribution in [1.29, 1.82) is 0 Å². The van der Waals surface area contributed by atoms with Crippen molar-refractivity contribution < 1.29 is 4.79 Å². The van der Waals surface area contributed by atoms with E-state index in [0.29, 0.717) is 4.80 Å². The summed E-state index contributed by atoms with van der Waals surface area (Å²) in [6.45, 7) is 5.90. The lowest BCUT2D eigenvalue weighted by Crippen LogP contribution is -2.30. The minimum atomic E-state index is -0.479. The van der Waals surface area contributed by atoms with Crippen molar-refractivity contribution in [3.05, 3.63) is 44.1 Å². The number of aryl methyl sites for hydroxylation is 4. The Morgan fingerprint density at radius 2 is 1.81 bits per heavy atom. The molecule has 0 atom stereocenters. The van der Waals surface area contributed by atoms with E-state index < -0.39 is 6.03 Å². The van der Waals surface area contributed by atoms with Crippen LogP contribution in [0.2, 0.25) is 0 Å². The van der Waals surface area contributed by atoms with Crippen molar-refractivity contribution in [3.63, 3.8) is 0 Å². The van der Waals surface area contributed by atoms with Crippen LogP contribution in [0.15, 0.2) is 21.9 Å². The highest BCUT2D eigenvalue weighted by Gasteiger charge is 2.14. The lowest BCUT2D eigenvalue weighted by Gasteiger charge is -2.11. The summed E-state index contributed by atoms with van der Waals surface area (Å²) in [5, 5.41) is 2.44. The van der Waals surface area contributed by atoms with Gasteiger partial charge in [-0.3, -0.25) is 0 Å². The topological polar surface area (TPSA) is 68.4 Å². The summed E-state index contributed by atoms with van der Waals surface area (Å²) < 4.78 is 2.95. The van der Waals surface area contributed by atoms with Gasteiger partial charge in [0.25, 0.3) is 0 Å². The number of hydrogen-bond acceptors (Lipinski definition) is 3. The van der Waals surface area contributed by atoms with E-state index in [-0.39, 0.29) is 5.69 Å². The number of carbonyl (C=O) groups excluding carboxylic acids is 1. The smallest absolute Gasteiger partial charge is 0.339 e. The van der Waals surface area contributed by atoms with Crippen LogP contribution in [-0.2, 0) is 7.05 Å². The van der Waals surface area contributed by atoms with E-state index in [1.165, 1.54) is 15.6 Å². The monoisotopic (exact) mass is 306 g/mol. The van der Waals surface area contributed by atoms with Gasteiger partial charge in [-0.1, -0.05) is 17.7 Å². The van der Waals surface area contributed by atoms with Crippen molar-refractivity contribution in [2.45, 2.75) is 20.8 Å². The molecule has 1 heterocycles. The number of aromatic nitrogens is 2. The fourth-order valence-electron chi connectivity index (χ4n) is 2.35. The first-order valence-corrected chi connectivity index (χ1v) is 7.26. The zero-order chi connectivity index (χ0) is 15.7. The molecule has 1 N–H and O–H groups in total. The summed E-state index contributed by atoms with van der Waals surface area (Å²) in [7, 11) is 3.16. The molecule has 0 unspecified atom stereocenters. The molecule has 0 saturated heterocycles. The molecule has 0 aliphatic heterocycles. The molecule has 0 bridgehead atoms. The van der Waals surface area contributed by atoms with Crippen LogP contribution in [0.3, 0.4) is 0 Å². The molecule has 0 fully saturated rings. The predicted molar refractivity (Wildman–Crippen MR) is 83.1 cm³/mol. The highest BCUT2D eigenvalue weighted by molar-refractivity contribution is 7.03. The number of nitrogens with one attached hydrogen (secondary N) is 1. The summed E-state index contributed by atoms with van der Waals surface area (Å²) in [4.78, 5) is 28.2. The van der Waals surface area contributed by atoms with Crippen molar-refractivity contribution >= 4 is 17.6 Å². The minimum Gasteiger partial charge on any atom is -0.339 e. The second kappa shape index (κ2) is 5.69. The first-order valence-electron chi connectivity index (χ1n) is 6.49. The van der Waals surface area contributed by atoms with Crippen LogP contribution >= 0.6 is 11.5 Å². The fraction of sp³-hybridized carbons (Fsp3) is 0.357. The quantitative estimate of drug-likeness (QED) is 0.865. The van der Waals surface area contributed by atoms with Crippen LogP contribution < -0.4 is 15.8 Å². The SMILES string of the molecule is CNC(=O)/N=c1\sn(C)c(=O)n1-c1c(C)cc(C)cc1C. The van der Waals surface area contributed by atoms with E-state index in [9.17, 15) is 9.59 Å². The number of urea groups is 1. The summed E-state index contributed by atoms with van der Waals surface area (Å²) in [6, 6.07) is 3.54. The largest absolute Gasteiger partial charge is 0.344 e. The molecule has 0 radical (unpaired) electrons. The number of hydrogen-bond donors (Lipinski definition) is 1. The van der Waals surface area contributed by atoms with Gasteiger partial charge < -0.3 is 5.32 Å². The van der Waals surface area contributed by atoms with E-state index in [1.54, 1.807) is 7.05 Å². The molecule has 112 valence electrons. The van der Waals surface area contributed by atoms with Gasteiger partial charge >= 0.3 is 11.7 Å². The molecule has 6 nitrogen and oxygen atoms in total. The normalized spacial score (nSPS) is 11.8. The molecule has 2 aromatic rings. The second-order valence-electron chi connectivity index (χ2n) is 4.90. The minimum absolute atomic E-state index is 0.210. The Kier molecular flexibility index (Phi) is 4.13. The van der Waals surface area contributed by atoms with Gasteiger partial charge in [0.15, 0.2) is 0 Å². The number of nitrogens with zero attached hydrogens (tertiary/aromatic N) is 3. The molecule has 0 aliphatic carbocycles. The number of amides is 2. The van der Waals surface area contributed by atoms with Crippen LogP contribution in [-0.4, -0.2) is 21.6 Å². The molecular weight excluding hydrogens is 288 g/mol. The third kappa shape index (κ3) is 2.82. The van der Waals surface area contributed by atoms with E-state index >= 15 is 0 Å². The van der Waals surface area contributed by atoms with Gasteiger partial charge in [0.05, 0.1) is 5.69 Å². The third-order valence-electron chi connectivity index (χ3n) is 3.14. The Bertz CT molecular complexity index is 803. The van der Waals surface area contributed by atoms with Crippen LogP contribution in [0.5, 0.6) is 0 Å². The second-order valence-corrected chi connectivity index (χ2v) is 6.00. The van der Waals surface area contributed by atoms with Gasteiger partial charge in [-0.05, 0) is 43.4 Å². The van der Waals surface area contributed by atoms with Crippen molar-refractivity contribution in [1.82, 2.24) is 13.8 Å². The number of carbonyl (C=O) groups is 1. The fourth-order valence-corrected chi connectivity index (χ4v) is 3.13. The van der Waals surface area contributed by atoms with Crippen molar-refractivity contribution in [2.75, 3.05) is 7.05 Å². The molecule has 2 amide bonds. The molecule has 2 rings (SSSR count). The summed E-state index contributed by atoms with van der Waals surface area (Å²) in [5.74, 6) is 0. The first-order chi connectivity index (χ1) is 9.85. The van der Waals surface area contributed by atoms with E-state index in [2.05, 4.69) is 10.3 Å². The maximum atomic E-state index is 12.4. The Hall–Kier alpha value is -2.15. The summed E-state index contributed by atoms with van der Waals surface area (Å²) >= 11 is 1.14. The Balaban J connectivity index is 2.85. The molecule has 21 heavy (non-hydrogen) atoms. The molecule has 1 aromatic carbocycles. The lowest BCUT2D eigenvalue weighted by molar-refractivity contribution is 0.250. The van der Waals surface area contributed by atoms with E-state index in [1.807, 2.05) is 32.9 Å². The van der Waals surface area contributed by atoms with Crippen molar-refractivity contribution in [2.24, 2.45) is 12.0 Å². The summed E-state index contributed by atoms with van der Waals surface area (Å²) in [5.41, 5.74) is 3.65. The summed E-state index contributed by atoms with van der Waals surface area (Å²) in [6.07, 6.45) is 0. The van der Waals surface area contributed by atoms with Gasteiger partial charge in [0, 0.05) is 14.1 Å². The number of benzene rings is 1. The van der Waals surface area contributed by atoms with Gasteiger partial charge in [-0.2, -0.15) is 4.99 Å². The lowest BCUT2D eigenvalue weighted by atomic mass is 10.1. The highest BCUT2D eigenvalue weighted by atomic mass is 32.1. The first kappa shape index (κ1) is 15.2. The Morgan fingerprint density at radius 1 is 1.24 bits per heavy atom. The molecule has 0 aliphatic rings. The Morgan fingerprint density at radius 3 is 2.33 bits per heavy atom. The van der Waals surface area contributed by atoms with Crippen LogP contribution in [0.4, 0.5) is 4.79 Å². The maximum absolute atomic E-state index is 12.4. The number of rotatable bonds is 1. The van der Waals surface area contributed by atoms with Gasteiger partial charge in [0.1, 0.15) is 0 Å². The maximum Gasteiger partial charge on any atom is 0.344 e. The molecule has 0 spiro atoms. The predicted octanol–water partition coefficient (Wildman–Crippen LogP) is 1.40. The molecular formula is C14H18N4O2S. The standard InChI is InChI=1S/C14H18N4O2S/c1-8-6-9(2)11(10(3)7-8)18-13(16-12(19)15-4)21-17(5)14(18)20/h6-7H,1-5H3,(H,15,19)/b16-13-. The third-order valence-corrected chi connectivity index (χ3v) is 4.01. The van der Waals surface area contributed by atoms with Crippen LogP contribution in [0, 0.1) is 20.8 Å².